The molecule has 0 heterocycles. The van der Waals surface area contributed by atoms with Gasteiger partial charge in [-0.1, -0.05) is 98.3 Å². The molecule has 3 rings (SSSR count). The number of hydrogen-bond acceptors (Lipinski definition) is 0. The Morgan fingerprint density at radius 3 is 1.48 bits per heavy atom. The average Bonchev–Trinajstić information content (AvgIpc) is 2.52. The molecule has 125 valence electrons. The van der Waals surface area contributed by atoms with Gasteiger partial charge < -0.3 is 0 Å². The standard InChI is InChI=1S/C24H26B/c1-16-12-18(3)23(19(4)13-16)25(22-10-8-7-9-11-22)24-20(5)14-17(2)15-21(24)6/h7-8,10-15H,1-6H3. The van der Waals surface area contributed by atoms with Crippen molar-refractivity contribution in [3.05, 3.63) is 88.0 Å². The molecule has 0 fully saturated rings. The maximum absolute atomic E-state index is 3.28. The molecule has 1 heteroatoms. The second kappa shape index (κ2) is 6.92. The molecule has 3 aromatic carbocycles. The van der Waals surface area contributed by atoms with Crippen molar-refractivity contribution in [1.29, 1.82) is 0 Å². The maximum Gasteiger partial charge on any atom is 0.242 e. The Labute approximate surface area is 153 Å². The van der Waals surface area contributed by atoms with Gasteiger partial charge in [-0.25, -0.2) is 0 Å². The molecule has 0 aromatic heterocycles. The second-order valence-corrected chi connectivity index (χ2v) is 7.39. The monoisotopic (exact) mass is 325 g/mol. The minimum Gasteiger partial charge on any atom is -0.0680 e. The van der Waals surface area contributed by atoms with Crippen LogP contribution in [0.25, 0.3) is 0 Å². The van der Waals surface area contributed by atoms with Crippen molar-refractivity contribution in [2.45, 2.75) is 41.5 Å². The highest BCUT2D eigenvalue weighted by Gasteiger charge is 2.27. The first-order valence-electron chi connectivity index (χ1n) is 9.00. The van der Waals surface area contributed by atoms with Crippen molar-refractivity contribution in [2.24, 2.45) is 0 Å². The molecule has 25 heavy (non-hydrogen) atoms. The van der Waals surface area contributed by atoms with Gasteiger partial charge in [0.1, 0.15) is 0 Å². The van der Waals surface area contributed by atoms with E-state index in [-0.39, 0.29) is 6.71 Å². The number of aryl methyl sites for hydroxylation is 6. The van der Waals surface area contributed by atoms with Gasteiger partial charge >= 0.3 is 0 Å². The largest absolute Gasteiger partial charge is 0.242 e. The predicted molar refractivity (Wildman–Crippen MR) is 111 cm³/mol. The van der Waals surface area contributed by atoms with Crippen molar-refractivity contribution < 1.29 is 0 Å². The van der Waals surface area contributed by atoms with Crippen LogP contribution in [0.2, 0.25) is 0 Å². The Kier molecular flexibility index (Phi) is 4.86. The van der Waals surface area contributed by atoms with Gasteiger partial charge in [-0.05, 0) is 47.6 Å². The van der Waals surface area contributed by atoms with Gasteiger partial charge in [-0.15, -0.1) is 0 Å². The van der Waals surface area contributed by atoms with Crippen LogP contribution >= 0.6 is 0 Å². The predicted octanol–water partition coefficient (Wildman–Crippen LogP) is 3.85. The third kappa shape index (κ3) is 3.42. The van der Waals surface area contributed by atoms with Gasteiger partial charge in [-0.2, -0.15) is 0 Å². The SMILES string of the molecule is Cc1cc(C)c(B(c2c[c]ccc2)c2c(C)cc(C)cc2C)c(C)c1. The highest BCUT2D eigenvalue weighted by atomic mass is 14.1. The first-order valence-corrected chi connectivity index (χ1v) is 9.00. The smallest absolute Gasteiger partial charge is 0.0680 e. The Balaban J connectivity index is 2.34. The van der Waals surface area contributed by atoms with E-state index in [1.807, 2.05) is 6.07 Å². The van der Waals surface area contributed by atoms with Crippen molar-refractivity contribution in [3.8, 4) is 0 Å². The molecule has 0 aliphatic rings. The lowest BCUT2D eigenvalue weighted by atomic mass is 9.34. The lowest BCUT2D eigenvalue weighted by molar-refractivity contribution is 1.34. The van der Waals surface area contributed by atoms with Crippen LogP contribution in [0.3, 0.4) is 0 Å². The molecule has 0 bridgehead atoms. The summed E-state index contributed by atoms with van der Waals surface area (Å²) in [5.41, 5.74) is 12.3. The van der Waals surface area contributed by atoms with E-state index in [4.69, 9.17) is 0 Å². The maximum atomic E-state index is 3.28. The summed E-state index contributed by atoms with van der Waals surface area (Å²) in [7, 11) is 0. The molecule has 0 aliphatic heterocycles. The zero-order valence-electron chi connectivity index (χ0n) is 16.2. The summed E-state index contributed by atoms with van der Waals surface area (Å²) in [6, 6.07) is 21.0. The summed E-state index contributed by atoms with van der Waals surface area (Å²) in [6.45, 7) is 13.6. The Bertz CT molecular complexity index is 803. The van der Waals surface area contributed by atoms with Crippen molar-refractivity contribution >= 4 is 23.1 Å². The van der Waals surface area contributed by atoms with E-state index < -0.39 is 0 Å². The van der Waals surface area contributed by atoms with Crippen LogP contribution in [-0.4, -0.2) is 6.71 Å². The highest BCUT2D eigenvalue weighted by Crippen LogP contribution is 2.12. The summed E-state index contributed by atoms with van der Waals surface area (Å²) in [4.78, 5) is 0. The molecular formula is C24H26B. The first kappa shape index (κ1) is 17.5. The van der Waals surface area contributed by atoms with Crippen LogP contribution < -0.4 is 16.4 Å². The minimum absolute atomic E-state index is 0.249. The molecule has 0 spiro atoms. The van der Waals surface area contributed by atoms with E-state index in [0.29, 0.717) is 0 Å². The average molecular weight is 325 g/mol. The number of benzene rings is 3. The van der Waals surface area contributed by atoms with Crippen LogP contribution in [0, 0.1) is 47.6 Å². The van der Waals surface area contributed by atoms with Gasteiger partial charge in [0.25, 0.3) is 0 Å². The molecular weight excluding hydrogens is 299 g/mol. The lowest BCUT2D eigenvalue weighted by Gasteiger charge is -2.24. The van der Waals surface area contributed by atoms with E-state index in [9.17, 15) is 0 Å². The van der Waals surface area contributed by atoms with Crippen LogP contribution in [0.5, 0.6) is 0 Å². The first-order chi connectivity index (χ1) is 11.9. The van der Waals surface area contributed by atoms with E-state index in [2.05, 4.69) is 90.1 Å². The zero-order valence-corrected chi connectivity index (χ0v) is 16.2. The van der Waals surface area contributed by atoms with E-state index >= 15 is 0 Å². The summed E-state index contributed by atoms with van der Waals surface area (Å²) in [5, 5.41) is 0. The van der Waals surface area contributed by atoms with Gasteiger partial charge in [0, 0.05) is 0 Å². The van der Waals surface area contributed by atoms with Gasteiger partial charge in [0.15, 0.2) is 0 Å². The zero-order chi connectivity index (χ0) is 18.1. The number of hydrogen-bond donors (Lipinski definition) is 0. The van der Waals surface area contributed by atoms with Gasteiger partial charge in [0.05, 0.1) is 0 Å². The normalized spacial score (nSPS) is 10.8. The van der Waals surface area contributed by atoms with Crippen molar-refractivity contribution in [1.82, 2.24) is 0 Å². The Morgan fingerprint density at radius 1 is 0.680 bits per heavy atom. The molecule has 3 aromatic rings. The van der Waals surface area contributed by atoms with Gasteiger partial charge in [-0.3, -0.25) is 0 Å². The van der Waals surface area contributed by atoms with Crippen LogP contribution in [0.15, 0.2) is 48.5 Å². The summed E-state index contributed by atoms with van der Waals surface area (Å²) < 4.78 is 0. The minimum atomic E-state index is 0.249. The quantitative estimate of drug-likeness (QED) is 0.642. The molecule has 0 atom stereocenters. The topological polar surface area (TPSA) is 0 Å². The lowest BCUT2D eigenvalue weighted by Crippen LogP contribution is -2.55. The van der Waals surface area contributed by atoms with Crippen LogP contribution in [0.4, 0.5) is 0 Å². The molecule has 1 radical (unpaired) electrons. The van der Waals surface area contributed by atoms with E-state index in [1.165, 1.54) is 49.8 Å². The Hall–Kier alpha value is -2.28. The van der Waals surface area contributed by atoms with Crippen LogP contribution in [-0.2, 0) is 0 Å². The number of rotatable bonds is 3. The fourth-order valence-corrected chi connectivity index (χ4v) is 4.36. The third-order valence-corrected chi connectivity index (χ3v) is 5.12. The van der Waals surface area contributed by atoms with Crippen molar-refractivity contribution in [3.63, 3.8) is 0 Å². The highest BCUT2D eigenvalue weighted by molar-refractivity contribution is 6.96. The molecule has 0 unspecified atom stereocenters. The summed E-state index contributed by atoms with van der Waals surface area (Å²) >= 11 is 0. The molecule has 0 amide bonds. The molecule has 0 nitrogen and oxygen atoms in total. The molecule has 0 N–H and O–H groups in total. The summed E-state index contributed by atoms with van der Waals surface area (Å²) in [5.74, 6) is 0. The molecule has 0 saturated carbocycles. The molecule has 0 saturated heterocycles. The fraction of sp³-hybridized carbons (Fsp3) is 0.250. The van der Waals surface area contributed by atoms with E-state index in [0.717, 1.165) is 0 Å². The van der Waals surface area contributed by atoms with E-state index in [1.54, 1.807) is 0 Å². The molecule has 0 aliphatic carbocycles. The van der Waals surface area contributed by atoms with Crippen molar-refractivity contribution in [2.75, 3.05) is 0 Å². The second-order valence-electron chi connectivity index (χ2n) is 7.39. The van der Waals surface area contributed by atoms with Gasteiger partial charge in [0.2, 0.25) is 6.71 Å². The summed E-state index contributed by atoms with van der Waals surface area (Å²) in [6.07, 6.45) is 0. The fourth-order valence-electron chi connectivity index (χ4n) is 4.36. The van der Waals surface area contributed by atoms with Crippen LogP contribution in [0.1, 0.15) is 33.4 Å². The third-order valence-electron chi connectivity index (χ3n) is 5.12. The Morgan fingerprint density at radius 2 is 1.12 bits per heavy atom.